The van der Waals surface area contributed by atoms with Crippen LogP contribution in [0.5, 0.6) is 0 Å². The molecule has 0 fully saturated rings. The summed E-state index contributed by atoms with van der Waals surface area (Å²) in [4.78, 5) is 39.6. The maximum atomic E-state index is 13.0. The minimum atomic E-state index is -0.750. The first-order valence-electron chi connectivity index (χ1n) is 16.6. The molecule has 308 valence electrons. The van der Waals surface area contributed by atoms with Gasteiger partial charge in [-0.1, -0.05) is 48.0 Å². The van der Waals surface area contributed by atoms with Gasteiger partial charge >= 0.3 is 23.1 Å². The van der Waals surface area contributed by atoms with Crippen molar-refractivity contribution in [1.82, 2.24) is 30.6 Å². The third kappa shape index (κ3) is 16.9. The van der Waals surface area contributed by atoms with E-state index < -0.39 is 29.0 Å². The van der Waals surface area contributed by atoms with E-state index in [1.165, 1.54) is 36.7 Å². The monoisotopic (exact) mass is 866 g/mol. The molecule has 21 heteroatoms. The van der Waals surface area contributed by atoms with Crippen molar-refractivity contribution in [3.8, 4) is 0 Å². The lowest BCUT2D eigenvalue weighted by Gasteiger charge is -2.14. The zero-order chi connectivity index (χ0) is 43.7. The Hall–Kier alpha value is -7.03. The van der Waals surface area contributed by atoms with E-state index in [0.717, 1.165) is 34.9 Å². The number of anilines is 7. The third-order valence-corrected chi connectivity index (χ3v) is 7.49. The summed E-state index contributed by atoms with van der Waals surface area (Å²) in [6.07, 6.45) is 5.14. The first-order valence-corrected chi connectivity index (χ1v) is 18.4. The summed E-state index contributed by atoms with van der Waals surface area (Å²) in [5.41, 5.74) is 11.2. The van der Waals surface area contributed by atoms with Crippen molar-refractivity contribution in [2.75, 3.05) is 35.8 Å². The van der Waals surface area contributed by atoms with E-state index in [4.69, 9.17) is 34.2 Å². The van der Waals surface area contributed by atoms with Gasteiger partial charge in [-0.25, -0.2) is 28.7 Å². The number of carbonyl (C=O) groups excluding carboxylic acids is 2. The highest BCUT2D eigenvalue weighted by Gasteiger charge is 2.14. The maximum Gasteiger partial charge on any atom is 0.335 e. The van der Waals surface area contributed by atoms with Crippen LogP contribution < -0.4 is 32.3 Å². The summed E-state index contributed by atoms with van der Waals surface area (Å²) >= 11 is 4.39. The van der Waals surface area contributed by atoms with Gasteiger partial charge in [-0.2, -0.15) is 16.8 Å². The van der Waals surface area contributed by atoms with E-state index in [1.54, 1.807) is 26.2 Å². The molecule has 6 aromatic rings. The van der Waals surface area contributed by atoms with Crippen LogP contribution in [0.3, 0.4) is 0 Å². The molecule has 7 N–H and O–H groups in total. The van der Waals surface area contributed by atoms with E-state index in [-0.39, 0.29) is 17.6 Å². The Morgan fingerprint density at radius 1 is 0.576 bits per heavy atom. The normalized spacial score (nSPS) is 9.41. The van der Waals surface area contributed by atoms with Gasteiger partial charge in [-0.15, -0.1) is 0 Å². The predicted molar refractivity (Wildman–Crippen MR) is 223 cm³/mol. The van der Waals surface area contributed by atoms with Crippen LogP contribution in [0.1, 0.15) is 31.8 Å². The molecule has 6 rings (SSSR count). The van der Waals surface area contributed by atoms with Crippen LogP contribution in [0.4, 0.5) is 49.0 Å². The molecule has 4 aromatic heterocycles. The molecule has 2 amide bonds. The second-order valence-electron chi connectivity index (χ2n) is 11.2. The van der Waals surface area contributed by atoms with Crippen molar-refractivity contribution < 1.29 is 35.2 Å². The molecule has 0 aliphatic heterocycles. The average Bonchev–Trinajstić information content (AvgIpc) is 3.22. The number of nitrogen functional groups attached to an aromatic ring is 1. The highest BCUT2D eigenvalue weighted by molar-refractivity contribution is 7.51. The minimum Gasteiger partial charge on any atom is -0.384 e. The Balaban J connectivity index is 0.000000315. The summed E-state index contributed by atoms with van der Waals surface area (Å²) in [6, 6.07) is 24.4. The minimum absolute atomic E-state index is 0.208. The van der Waals surface area contributed by atoms with Crippen LogP contribution in [0.15, 0.2) is 110 Å². The van der Waals surface area contributed by atoms with Crippen molar-refractivity contribution in [3.63, 3.8) is 0 Å². The highest BCUT2D eigenvalue weighted by atomic mass is 35.5. The molecule has 0 unspecified atom stereocenters. The van der Waals surface area contributed by atoms with Gasteiger partial charge in [0.05, 0.1) is 34.9 Å². The van der Waals surface area contributed by atoms with Gasteiger partial charge in [-0.05, 0) is 67.4 Å². The fraction of sp³-hybridized carbons (Fsp3) is 0.105. The first kappa shape index (κ1) is 48.1. The molecule has 0 aliphatic carbocycles. The van der Waals surface area contributed by atoms with Gasteiger partial charge in [0.2, 0.25) is 0 Å². The number of rotatable bonds is 8. The summed E-state index contributed by atoms with van der Waals surface area (Å²) < 4.78 is 58.1. The van der Waals surface area contributed by atoms with Crippen LogP contribution >= 0.6 is 11.6 Å². The van der Waals surface area contributed by atoms with Gasteiger partial charge in [0.1, 0.15) is 34.2 Å². The molecular weight excluding hydrogens is 830 g/mol. The van der Waals surface area contributed by atoms with E-state index in [9.17, 15) is 18.4 Å². The lowest BCUT2D eigenvalue weighted by molar-refractivity contribution is 0.0955. The highest BCUT2D eigenvalue weighted by Crippen LogP contribution is 2.27. The number of pyridine rings is 4. The standard InChI is InChI=1S/C19H18FN5O.C14H14ClN3O.C5H5FN2.2O2S/c1-12-5-3-4-6-15(12)24-16-9-18(23-11-14(16)19(26)21-2)25-17-8-7-13(20)10-22-17;1-9-5-3-4-6-11(9)18-12-7-13(15)17-8-10(12)14(19)16-2;6-4-1-2-5(7)8-3-4;2*1-3-2/h3-11H,1-2H3,(H,21,26)(H2,22,23,24,25);3-8H,1-2H3,(H,16,19)(H,17,18);1-3H,(H2,7,8);;. The lowest BCUT2D eigenvalue weighted by Crippen LogP contribution is -2.19. The largest absolute Gasteiger partial charge is 0.384 e. The Morgan fingerprint density at radius 3 is 1.44 bits per heavy atom. The number of aryl methyl sites for hydroxylation is 2. The molecule has 0 saturated heterocycles. The number of hydrogen-bond acceptors (Lipinski definition) is 14. The lowest BCUT2D eigenvalue weighted by atomic mass is 10.1. The van der Waals surface area contributed by atoms with Crippen molar-refractivity contribution in [1.29, 1.82) is 0 Å². The van der Waals surface area contributed by atoms with Crippen molar-refractivity contribution in [3.05, 3.63) is 149 Å². The number of amides is 2. The Morgan fingerprint density at radius 2 is 1.02 bits per heavy atom. The fourth-order valence-electron chi connectivity index (χ4n) is 4.48. The number of halogens is 3. The van der Waals surface area contributed by atoms with Crippen LogP contribution in [0.25, 0.3) is 0 Å². The van der Waals surface area contributed by atoms with Crippen LogP contribution in [0, 0.1) is 25.5 Å². The van der Waals surface area contributed by atoms with Gasteiger partial charge < -0.3 is 32.3 Å². The Labute approximate surface area is 349 Å². The number of nitrogens with zero attached hydrogens (tertiary/aromatic N) is 4. The van der Waals surface area contributed by atoms with Crippen LogP contribution in [-0.4, -0.2) is 62.7 Å². The molecule has 0 atom stereocenters. The first-order chi connectivity index (χ1) is 28.3. The predicted octanol–water partition coefficient (Wildman–Crippen LogP) is 6.38. The number of benzene rings is 2. The van der Waals surface area contributed by atoms with Crippen LogP contribution in [0.2, 0.25) is 5.15 Å². The topological polar surface area (TPSA) is 240 Å². The maximum absolute atomic E-state index is 13.0. The number of nitrogens with one attached hydrogen (secondary N) is 5. The molecule has 16 nitrogen and oxygen atoms in total. The fourth-order valence-corrected chi connectivity index (χ4v) is 4.63. The zero-order valence-electron chi connectivity index (χ0n) is 31.7. The number of para-hydroxylation sites is 2. The molecule has 0 bridgehead atoms. The van der Waals surface area contributed by atoms with Crippen LogP contribution in [-0.2, 0) is 23.1 Å². The smallest absolute Gasteiger partial charge is 0.335 e. The summed E-state index contributed by atoms with van der Waals surface area (Å²) in [7, 11) is 3.14. The van der Waals surface area contributed by atoms with E-state index in [2.05, 4.69) is 46.5 Å². The Kier molecular flexibility index (Phi) is 21.2. The van der Waals surface area contributed by atoms with Crippen molar-refractivity contribution >= 4 is 86.8 Å². The van der Waals surface area contributed by atoms with Gasteiger partial charge in [-0.3, -0.25) is 9.59 Å². The SMILES string of the molecule is CNC(=O)c1cnc(Cl)cc1Nc1ccccc1C.CNC(=O)c1cnc(Nc2ccc(F)cn2)cc1Nc1ccccc1C.Nc1ccc(F)cn1.O=S=O.O=S=O. The number of hydrogen-bond donors (Lipinski definition) is 6. The molecule has 59 heavy (non-hydrogen) atoms. The quantitative estimate of drug-likeness (QED) is 0.0911. The van der Waals surface area contributed by atoms with E-state index in [0.29, 0.717) is 45.1 Å². The molecule has 4 heterocycles. The molecule has 0 saturated carbocycles. The molecule has 2 aromatic carbocycles. The molecule has 0 aliphatic rings. The number of nitrogens with two attached hydrogens (primary N) is 1. The summed E-state index contributed by atoms with van der Waals surface area (Å²) in [6.45, 7) is 3.97. The van der Waals surface area contributed by atoms with Gasteiger partial charge in [0.25, 0.3) is 11.8 Å². The van der Waals surface area contributed by atoms with Gasteiger partial charge in [0, 0.05) is 43.9 Å². The molecular formula is C38H37ClF2N10O6S2. The zero-order valence-corrected chi connectivity index (χ0v) is 34.0. The Bertz CT molecular complexity index is 2340. The summed E-state index contributed by atoms with van der Waals surface area (Å²) in [5, 5.41) is 15.0. The summed E-state index contributed by atoms with van der Waals surface area (Å²) in [5.74, 6) is 0.0348. The average molecular weight is 867 g/mol. The van der Waals surface area contributed by atoms with E-state index >= 15 is 0 Å². The third-order valence-electron chi connectivity index (χ3n) is 7.28. The number of carbonyl (C=O) groups is 2. The van der Waals surface area contributed by atoms with Crippen molar-refractivity contribution in [2.45, 2.75) is 13.8 Å². The van der Waals surface area contributed by atoms with Crippen molar-refractivity contribution in [2.24, 2.45) is 0 Å². The second kappa shape index (κ2) is 26.0. The molecule has 0 spiro atoms. The van der Waals surface area contributed by atoms with Gasteiger partial charge in [0.15, 0.2) is 0 Å². The number of aromatic nitrogens is 4. The van der Waals surface area contributed by atoms with E-state index in [1.807, 2.05) is 62.4 Å². The second-order valence-corrected chi connectivity index (χ2v) is 11.9. The molecule has 0 radical (unpaired) electrons.